The number of aromatic nitrogens is 4. The van der Waals surface area contributed by atoms with E-state index in [2.05, 4.69) is 58.0 Å². The van der Waals surface area contributed by atoms with E-state index < -0.39 is 35.0 Å². The standard InChI is InChI=1S/C8H7F3.C8H8F2.C8H9F.C7H6F2.C7H7F.2C7H8.2C6H7N.C5H6N2/c1-6-3-2-4-7(5-6)8(9,10)11;1-5-3-7(9)6(2)8(10)4-5;1-6-3-4-7(2)8(9)5-6;1-5-2-3-6(8)4-7(5)9;1-6-2-4-7(8)5-3-6;2*1-7-5-3-2-4-6-7;1-6-3-2-4-7-5-6;1-6-4-2-3-5-7-6;1-5-6-3-2-4-7-5/h2-5H,1H3;3-4H,1-2H3;3-5H,1-2H3;2-4H,1H3;2-5H,1H3;2*2-6H,1H3;2*2-5H,1H3;2-4H,1H3. The molecule has 10 rings (SSSR count). The topological polar surface area (TPSA) is 51.6 Å². The molecule has 7 aromatic carbocycles. The average molecular weight is 1130 g/mol. The zero-order valence-electron chi connectivity index (χ0n) is 48.6. The summed E-state index contributed by atoms with van der Waals surface area (Å²) in [6.45, 7) is 21.9. The van der Waals surface area contributed by atoms with Crippen molar-refractivity contribution in [3.8, 4) is 0 Å². The Morgan fingerprint density at radius 2 is 0.732 bits per heavy atom. The Hall–Kier alpha value is -8.71. The van der Waals surface area contributed by atoms with E-state index in [4.69, 9.17) is 0 Å². The van der Waals surface area contributed by atoms with Crippen LogP contribution < -0.4 is 0 Å². The summed E-state index contributed by atoms with van der Waals surface area (Å²) in [7, 11) is 0. The first kappa shape index (κ1) is 71.3. The second kappa shape index (κ2) is 40.5. The van der Waals surface area contributed by atoms with Crippen LogP contribution in [0.3, 0.4) is 0 Å². The van der Waals surface area contributed by atoms with Gasteiger partial charge in [0.1, 0.15) is 40.7 Å². The first-order valence-corrected chi connectivity index (χ1v) is 25.7. The van der Waals surface area contributed by atoms with Gasteiger partial charge in [-0.05, 0) is 178 Å². The number of hydrogen-bond donors (Lipinski definition) is 0. The van der Waals surface area contributed by atoms with Crippen molar-refractivity contribution >= 4 is 0 Å². The molecule has 13 heteroatoms. The van der Waals surface area contributed by atoms with Crippen molar-refractivity contribution in [3.63, 3.8) is 0 Å². The van der Waals surface area contributed by atoms with Gasteiger partial charge in [0.25, 0.3) is 0 Å². The van der Waals surface area contributed by atoms with Crippen LogP contribution in [0.5, 0.6) is 0 Å². The summed E-state index contributed by atoms with van der Waals surface area (Å²) < 4.78 is 110. The van der Waals surface area contributed by atoms with Crippen LogP contribution in [0, 0.1) is 118 Å². The lowest BCUT2D eigenvalue weighted by Gasteiger charge is -2.05. The van der Waals surface area contributed by atoms with Crippen LogP contribution in [-0.2, 0) is 6.18 Å². The largest absolute Gasteiger partial charge is 0.416 e. The Labute approximate surface area is 479 Å². The minimum absolute atomic E-state index is 0.0885. The van der Waals surface area contributed by atoms with Gasteiger partial charge in [-0.2, -0.15) is 13.2 Å². The lowest BCUT2D eigenvalue weighted by atomic mass is 10.1. The molecule has 3 aromatic heterocycles. The minimum Gasteiger partial charge on any atom is -0.264 e. The highest BCUT2D eigenvalue weighted by Crippen LogP contribution is 2.29. The minimum atomic E-state index is -4.22. The van der Waals surface area contributed by atoms with Crippen LogP contribution in [0.1, 0.15) is 72.7 Å². The molecule has 0 bridgehead atoms. The normalized spacial score (nSPS) is 9.52. The molecule has 4 nitrogen and oxygen atoms in total. The van der Waals surface area contributed by atoms with Gasteiger partial charge >= 0.3 is 6.18 Å². The molecule has 0 unspecified atom stereocenters. The number of halogens is 9. The highest BCUT2D eigenvalue weighted by atomic mass is 19.4. The van der Waals surface area contributed by atoms with Gasteiger partial charge in [0.15, 0.2) is 0 Å². The van der Waals surface area contributed by atoms with Gasteiger partial charge in [0, 0.05) is 48.3 Å². The lowest BCUT2D eigenvalue weighted by Crippen LogP contribution is -2.04. The molecule has 0 aliphatic rings. The summed E-state index contributed by atoms with van der Waals surface area (Å²) >= 11 is 0. The van der Waals surface area contributed by atoms with Gasteiger partial charge in [-0.25, -0.2) is 36.3 Å². The number of pyridine rings is 2. The zero-order chi connectivity index (χ0) is 61.5. The molecule has 432 valence electrons. The Balaban J connectivity index is 0.000000457. The maximum Gasteiger partial charge on any atom is 0.416 e. The predicted octanol–water partition coefficient (Wildman–Crippen LogP) is 20.0. The number of benzene rings is 7. The fourth-order valence-corrected chi connectivity index (χ4v) is 5.73. The number of rotatable bonds is 0. The van der Waals surface area contributed by atoms with E-state index >= 15 is 0 Å². The third kappa shape index (κ3) is 35.7. The van der Waals surface area contributed by atoms with Crippen molar-refractivity contribution < 1.29 is 39.5 Å². The third-order valence-corrected chi connectivity index (χ3v) is 10.4. The van der Waals surface area contributed by atoms with Gasteiger partial charge in [0.05, 0.1) is 5.56 Å². The van der Waals surface area contributed by atoms with E-state index in [-0.39, 0.29) is 17.2 Å². The van der Waals surface area contributed by atoms with E-state index in [1.807, 2.05) is 114 Å². The molecular weight excluding hydrogens is 1060 g/mol. The molecule has 0 aliphatic heterocycles. The van der Waals surface area contributed by atoms with Crippen LogP contribution in [0.2, 0.25) is 0 Å². The Bertz CT molecular complexity index is 2930. The Kier molecular flexibility index (Phi) is 35.2. The maximum absolute atomic E-state index is 12.6. The molecule has 0 fully saturated rings. The molecular formula is C69H73F9N4. The third-order valence-electron chi connectivity index (χ3n) is 10.4. The summed E-state index contributed by atoms with van der Waals surface area (Å²) in [5.41, 5.74) is 8.90. The first-order valence-electron chi connectivity index (χ1n) is 25.7. The monoisotopic (exact) mass is 1130 g/mol. The average Bonchev–Trinajstić information content (AvgIpc) is 3.46. The molecule has 0 spiro atoms. The summed E-state index contributed by atoms with van der Waals surface area (Å²) in [6.07, 6.45) is 4.62. The molecule has 82 heavy (non-hydrogen) atoms. The molecule has 0 atom stereocenters. The van der Waals surface area contributed by atoms with Gasteiger partial charge in [-0.15, -0.1) is 0 Å². The molecule has 0 saturated heterocycles. The van der Waals surface area contributed by atoms with Crippen molar-refractivity contribution in [2.75, 3.05) is 0 Å². The maximum atomic E-state index is 12.6. The Morgan fingerprint density at radius 3 is 1.05 bits per heavy atom. The van der Waals surface area contributed by atoms with E-state index in [9.17, 15) is 39.5 Å². The van der Waals surface area contributed by atoms with Gasteiger partial charge in [0.2, 0.25) is 0 Å². The molecule has 0 radical (unpaired) electrons. The number of alkyl halides is 3. The van der Waals surface area contributed by atoms with Crippen molar-refractivity contribution in [2.45, 2.75) is 89.3 Å². The molecule has 3 heterocycles. The molecule has 10 aromatic rings. The van der Waals surface area contributed by atoms with Crippen LogP contribution in [-0.4, -0.2) is 19.9 Å². The highest BCUT2D eigenvalue weighted by molar-refractivity contribution is 5.26. The Morgan fingerprint density at radius 1 is 0.305 bits per heavy atom. The van der Waals surface area contributed by atoms with E-state index in [1.165, 1.54) is 72.1 Å². The van der Waals surface area contributed by atoms with E-state index in [0.717, 1.165) is 40.8 Å². The smallest absolute Gasteiger partial charge is 0.264 e. The first-order chi connectivity index (χ1) is 38.8. The van der Waals surface area contributed by atoms with Crippen LogP contribution in [0.25, 0.3) is 0 Å². The van der Waals surface area contributed by atoms with Crippen molar-refractivity contribution in [2.24, 2.45) is 0 Å². The molecule has 0 saturated carbocycles. The van der Waals surface area contributed by atoms with Crippen molar-refractivity contribution in [1.29, 1.82) is 0 Å². The number of hydrogen-bond acceptors (Lipinski definition) is 4. The summed E-state index contributed by atoms with van der Waals surface area (Å²) in [4.78, 5) is 15.6. The highest BCUT2D eigenvalue weighted by Gasteiger charge is 2.29. The fraction of sp³-hybridized carbons (Fsp3) is 0.188. The molecule has 0 amide bonds. The van der Waals surface area contributed by atoms with Crippen LogP contribution in [0.4, 0.5) is 39.5 Å². The molecule has 0 N–H and O–H groups in total. The SMILES string of the molecule is Cc1cc(F)c(C)c(F)c1.Cc1ccc(C)c(F)c1.Cc1ccc(F)cc1.Cc1ccc(F)cc1F.Cc1cccc(C(F)(F)F)c1.Cc1ccccc1.Cc1ccccc1.Cc1ccccn1.Cc1cccnc1.Cc1ncccn1. The second-order valence-electron chi connectivity index (χ2n) is 18.3. The number of aryl methyl sites for hydroxylation is 11. The lowest BCUT2D eigenvalue weighted by molar-refractivity contribution is -0.137. The fourth-order valence-electron chi connectivity index (χ4n) is 5.73. The van der Waals surface area contributed by atoms with Crippen molar-refractivity contribution in [1.82, 2.24) is 19.9 Å². The quantitative estimate of drug-likeness (QED) is 0.142. The van der Waals surface area contributed by atoms with Gasteiger partial charge in [-0.1, -0.05) is 144 Å². The summed E-state index contributed by atoms with van der Waals surface area (Å²) in [5.74, 6) is -1.43. The number of nitrogens with zero attached hydrogens (tertiary/aromatic N) is 4. The summed E-state index contributed by atoms with van der Waals surface area (Å²) in [6, 6.07) is 55.1. The van der Waals surface area contributed by atoms with Gasteiger partial charge in [-0.3, -0.25) is 9.97 Å². The van der Waals surface area contributed by atoms with Gasteiger partial charge < -0.3 is 0 Å². The van der Waals surface area contributed by atoms with Crippen molar-refractivity contribution in [3.05, 3.63) is 333 Å². The van der Waals surface area contributed by atoms with Crippen LogP contribution in [0.15, 0.2) is 225 Å². The van der Waals surface area contributed by atoms with E-state index in [1.54, 1.807) is 82.8 Å². The molecule has 0 aliphatic carbocycles. The van der Waals surface area contributed by atoms with E-state index in [0.29, 0.717) is 22.3 Å². The van der Waals surface area contributed by atoms with Crippen LogP contribution >= 0.6 is 0 Å². The summed E-state index contributed by atoms with van der Waals surface area (Å²) in [5, 5.41) is 0. The second-order valence-corrected chi connectivity index (χ2v) is 18.3. The zero-order valence-corrected chi connectivity index (χ0v) is 48.6. The predicted molar refractivity (Wildman–Crippen MR) is 317 cm³/mol.